The first-order valence-electron chi connectivity index (χ1n) is 6.13. The molecule has 1 aliphatic rings. The highest BCUT2D eigenvalue weighted by atomic mass is 16.6. The molecule has 0 amide bonds. The molecule has 1 aliphatic heterocycles. The highest BCUT2D eigenvalue weighted by Gasteiger charge is 2.23. The fourth-order valence-electron chi connectivity index (χ4n) is 1.82. The number of hydrogen-bond acceptors (Lipinski definition) is 4. The summed E-state index contributed by atoms with van der Waals surface area (Å²) in [6, 6.07) is 2.10. The first kappa shape index (κ1) is 11.5. The maximum Gasteiger partial charge on any atom is 0.242 e. The number of pyridine rings is 1. The standard InChI is InChI=1S/C13H17N3O2/c1-13(2,3)8-4-10-11(14-5-8)15-16-12(10)18-9-6-17-7-9/h4-5,9H,6-7H2,1-3H3,(H,14,15,16). The highest BCUT2D eigenvalue weighted by Crippen LogP contribution is 2.29. The summed E-state index contributed by atoms with van der Waals surface area (Å²) < 4.78 is 10.9. The van der Waals surface area contributed by atoms with Gasteiger partial charge in [0.25, 0.3) is 0 Å². The lowest BCUT2D eigenvalue weighted by atomic mass is 9.88. The molecule has 0 aromatic carbocycles. The van der Waals surface area contributed by atoms with Gasteiger partial charge in [0.2, 0.25) is 5.88 Å². The molecular weight excluding hydrogens is 230 g/mol. The smallest absolute Gasteiger partial charge is 0.242 e. The van der Waals surface area contributed by atoms with Crippen LogP contribution < -0.4 is 4.74 Å². The van der Waals surface area contributed by atoms with Gasteiger partial charge in [-0.3, -0.25) is 5.10 Å². The summed E-state index contributed by atoms with van der Waals surface area (Å²) in [6.45, 7) is 7.77. The van der Waals surface area contributed by atoms with Crippen molar-refractivity contribution in [2.75, 3.05) is 13.2 Å². The van der Waals surface area contributed by atoms with Crippen LogP contribution >= 0.6 is 0 Å². The van der Waals surface area contributed by atoms with Crippen molar-refractivity contribution in [1.29, 1.82) is 0 Å². The molecule has 0 atom stereocenters. The molecule has 1 fully saturated rings. The van der Waals surface area contributed by atoms with E-state index in [1.54, 1.807) is 0 Å². The van der Waals surface area contributed by atoms with Gasteiger partial charge in [-0.2, -0.15) is 0 Å². The first-order chi connectivity index (χ1) is 8.54. The second kappa shape index (κ2) is 3.95. The Hall–Kier alpha value is -1.62. The molecule has 0 unspecified atom stereocenters. The van der Waals surface area contributed by atoms with Crippen molar-refractivity contribution in [2.24, 2.45) is 0 Å². The number of H-pyrrole nitrogens is 1. The lowest BCUT2D eigenvalue weighted by Gasteiger charge is -2.25. The molecule has 5 nitrogen and oxygen atoms in total. The van der Waals surface area contributed by atoms with Crippen molar-refractivity contribution in [2.45, 2.75) is 32.3 Å². The van der Waals surface area contributed by atoms with Crippen molar-refractivity contribution in [3.05, 3.63) is 17.8 Å². The topological polar surface area (TPSA) is 60.0 Å². The van der Waals surface area contributed by atoms with E-state index in [2.05, 4.69) is 42.0 Å². The van der Waals surface area contributed by atoms with E-state index in [9.17, 15) is 0 Å². The monoisotopic (exact) mass is 247 g/mol. The van der Waals surface area contributed by atoms with Crippen LogP contribution in [0.25, 0.3) is 11.0 Å². The predicted molar refractivity (Wildman–Crippen MR) is 67.8 cm³/mol. The summed E-state index contributed by atoms with van der Waals surface area (Å²) in [5.74, 6) is 0.622. The van der Waals surface area contributed by atoms with E-state index >= 15 is 0 Å². The molecule has 2 aromatic heterocycles. The first-order valence-corrected chi connectivity index (χ1v) is 6.13. The second-order valence-corrected chi connectivity index (χ2v) is 5.68. The van der Waals surface area contributed by atoms with Gasteiger partial charge in [-0.25, -0.2) is 4.98 Å². The summed E-state index contributed by atoms with van der Waals surface area (Å²) in [5.41, 5.74) is 2.00. The van der Waals surface area contributed by atoms with E-state index in [0.717, 1.165) is 11.0 Å². The molecule has 0 aliphatic carbocycles. The molecule has 0 radical (unpaired) electrons. The van der Waals surface area contributed by atoms with Crippen LogP contribution in [0.2, 0.25) is 0 Å². The predicted octanol–water partition coefficient (Wildman–Crippen LogP) is 2.03. The minimum atomic E-state index is 0.0648. The van der Waals surface area contributed by atoms with Crippen molar-refractivity contribution in [3.63, 3.8) is 0 Å². The lowest BCUT2D eigenvalue weighted by Crippen LogP contribution is -2.38. The minimum Gasteiger partial charge on any atom is -0.468 e. The van der Waals surface area contributed by atoms with E-state index in [0.29, 0.717) is 19.1 Å². The van der Waals surface area contributed by atoms with Crippen molar-refractivity contribution in [3.8, 4) is 5.88 Å². The normalized spacial score (nSPS) is 16.8. The van der Waals surface area contributed by atoms with Gasteiger partial charge in [-0.15, -0.1) is 5.10 Å². The van der Waals surface area contributed by atoms with Gasteiger partial charge in [0.05, 0.1) is 18.6 Å². The maximum absolute atomic E-state index is 5.76. The number of rotatable bonds is 2. The van der Waals surface area contributed by atoms with Crippen LogP contribution in [0.4, 0.5) is 0 Å². The summed E-state index contributed by atoms with van der Waals surface area (Å²) in [5, 5.41) is 8.01. The quantitative estimate of drug-likeness (QED) is 0.882. The molecule has 0 spiro atoms. The Balaban J connectivity index is 1.99. The highest BCUT2D eigenvalue weighted by molar-refractivity contribution is 5.81. The SMILES string of the molecule is CC(C)(C)c1cnc2[nH]nc(OC3COC3)c2c1. The third-order valence-electron chi connectivity index (χ3n) is 3.13. The average molecular weight is 247 g/mol. The van der Waals surface area contributed by atoms with Crippen molar-refractivity contribution >= 4 is 11.0 Å². The van der Waals surface area contributed by atoms with Crippen LogP contribution in [0.5, 0.6) is 5.88 Å². The third-order valence-corrected chi connectivity index (χ3v) is 3.13. The Labute approximate surface area is 106 Å². The number of hydrogen-bond donors (Lipinski definition) is 1. The zero-order valence-electron chi connectivity index (χ0n) is 10.9. The Morgan fingerprint density at radius 3 is 2.78 bits per heavy atom. The Morgan fingerprint density at radius 1 is 1.39 bits per heavy atom. The minimum absolute atomic E-state index is 0.0648. The van der Waals surface area contributed by atoms with Gasteiger partial charge in [-0.05, 0) is 17.0 Å². The molecule has 18 heavy (non-hydrogen) atoms. The van der Waals surface area contributed by atoms with Gasteiger partial charge in [-0.1, -0.05) is 20.8 Å². The van der Waals surface area contributed by atoms with Crippen molar-refractivity contribution < 1.29 is 9.47 Å². The summed E-state index contributed by atoms with van der Waals surface area (Å²) in [6.07, 6.45) is 2.01. The number of nitrogens with one attached hydrogen (secondary N) is 1. The largest absolute Gasteiger partial charge is 0.468 e. The Bertz CT molecular complexity index is 567. The maximum atomic E-state index is 5.76. The van der Waals surface area contributed by atoms with E-state index in [4.69, 9.17) is 9.47 Å². The summed E-state index contributed by atoms with van der Waals surface area (Å²) in [4.78, 5) is 4.39. The van der Waals surface area contributed by atoms with Crippen LogP contribution in [0.15, 0.2) is 12.3 Å². The van der Waals surface area contributed by atoms with Gasteiger partial charge in [0, 0.05) is 6.20 Å². The fourth-order valence-corrected chi connectivity index (χ4v) is 1.82. The molecule has 3 heterocycles. The molecule has 96 valence electrons. The molecule has 2 aromatic rings. The van der Waals surface area contributed by atoms with Crippen molar-refractivity contribution in [1.82, 2.24) is 15.2 Å². The molecule has 0 saturated carbocycles. The van der Waals surface area contributed by atoms with Crippen LogP contribution in [0.3, 0.4) is 0 Å². The van der Waals surface area contributed by atoms with E-state index in [-0.39, 0.29) is 11.5 Å². The van der Waals surface area contributed by atoms with Gasteiger partial charge in [0.15, 0.2) is 5.65 Å². The molecular formula is C13H17N3O2. The van der Waals surface area contributed by atoms with Gasteiger partial charge >= 0.3 is 0 Å². The van der Waals surface area contributed by atoms with Crippen LogP contribution in [0, 0.1) is 0 Å². The van der Waals surface area contributed by atoms with Gasteiger partial charge < -0.3 is 9.47 Å². The van der Waals surface area contributed by atoms with Crippen LogP contribution in [-0.4, -0.2) is 34.5 Å². The van der Waals surface area contributed by atoms with E-state index in [1.807, 2.05) is 6.20 Å². The second-order valence-electron chi connectivity index (χ2n) is 5.68. The van der Waals surface area contributed by atoms with E-state index < -0.39 is 0 Å². The average Bonchev–Trinajstić information content (AvgIpc) is 2.64. The molecule has 5 heteroatoms. The number of fused-ring (bicyclic) bond motifs is 1. The number of aromatic amines is 1. The van der Waals surface area contributed by atoms with Crippen LogP contribution in [0.1, 0.15) is 26.3 Å². The molecule has 1 saturated heterocycles. The molecule has 0 bridgehead atoms. The number of nitrogens with zero attached hydrogens (tertiary/aromatic N) is 2. The summed E-state index contributed by atoms with van der Waals surface area (Å²) in [7, 11) is 0. The third kappa shape index (κ3) is 1.95. The van der Waals surface area contributed by atoms with E-state index in [1.165, 1.54) is 5.56 Å². The lowest BCUT2D eigenvalue weighted by molar-refractivity contribution is -0.0807. The molecule has 3 rings (SSSR count). The van der Waals surface area contributed by atoms with Crippen LogP contribution in [-0.2, 0) is 10.2 Å². The fraction of sp³-hybridized carbons (Fsp3) is 0.538. The number of ether oxygens (including phenoxy) is 2. The zero-order valence-corrected chi connectivity index (χ0v) is 10.9. The summed E-state index contributed by atoms with van der Waals surface area (Å²) >= 11 is 0. The zero-order chi connectivity index (χ0) is 12.8. The Kier molecular flexibility index (Phi) is 2.52. The number of aromatic nitrogens is 3. The Morgan fingerprint density at radius 2 is 2.17 bits per heavy atom. The van der Waals surface area contributed by atoms with Gasteiger partial charge in [0.1, 0.15) is 6.10 Å². The molecule has 1 N–H and O–H groups in total.